The van der Waals surface area contributed by atoms with Gasteiger partial charge < -0.3 is 5.32 Å². The first-order valence-electron chi connectivity index (χ1n) is 5.60. The van der Waals surface area contributed by atoms with Crippen LogP contribution < -0.4 is 5.32 Å². The zero-order chi connectivity index (χ0) is 11.1. The van der Waals surface area contributed by atoms with E-state index in [1.807, 2.05) is 6.21 Å². The van der Waals surface area contributed by atoms with Gasteiger partial charge in [0.25, 0.3) is 0 Å². The standard InChI is InChI=1S/C13H20N2/c1-4-6-9-14-11(3)13-12(5-2)8-7-10-15-13/h5,7-9,15H,4,6,10H2,1-3H3/b12-5-,13-11-,14-9-. The molecule has 0 aliphatic carbocycles. The van der Waals surface area contributed by atoms with Crippen LogP contribution in [0.3, 0.4) is 0 Å². The zero-order valence-corrected chi connectivity index (χ0v) is 9.88. The van der Waals surface area contributed by atoms with E-state index < -0.39 is 0 Å². The van der Waals surface area contributed by atoms with Gasteiger partial charge in [-0.1, -0.05) is 31.6 Å². The Morgan fingerprint density at radius 3 is 3.07 bits per heavy atom. The summed E-state index contributed by atoms with van der Waals surface area (Å²) < 4.78 is 0. The fourth-order valence-electron chi connectivity index (χ4n) is 1.50. The van der Waals surface area contributed by atoms with Crippen molar-refractivity contribution in [2.75, 3.05) is 6.54 Å². The number of hydrogen-bond donors (Lipinski definition) is 1. The minimum Gasteiger partial charge on any atom is -0.380 e. The highest BCUT2D eigenvalue weighted by atomic mass is 14.9. The molecule has 1 rings (SSSR count). The lowest BCUT2D eigenvalue weighted by molar-refractivity contribution is 0.875. The Balaban J connectivity index is 2.83. The van der Waals surface area contributed by atoms with E-state index in [1.165, 1.54) is 5.57 Å². The van der Waals surface area contributed by atoms with Crippen LogP contribution in [0.25, 0.3) is 0 Å². The van der Waals surface area contributed by atoms with E-state index in [0.29, 0.717) is 0 Å². The zero-order valence-electron chi connectivity index (χ0n) is 9.88. The van der Waals surface area contributed by atoms with Gasteiger partial charge in [-0.3, -0.25) is 4.99 Å². The van der Waals surface area contributed by atoms with Gasteiger partial charge >= 0.3 is 0 Å². The number of aliphatic imine (C=N–C) groups is 1. The number of allylic oxidation sites excluding steroid dienone is 3. The van der Waals surface area contributed by atoms with Crippen LogP contribution in [0, 0.1) is 0 Å². The summed E-state index contributed by atoms with van der Waals surface area (Å²) >= 11 is 0. The van der Waals surface area contributed by atoms with Crippen LogP contribution in [0.15, 0.2) is 40.2 Å². The van der Waals surface area contributed by atoms with Crippen molar-refractivity contribution in [2.24, 2.45) is 4.99 Å². The third kappa shape index (κ3) is 3.39. The number of hydrogen-bond acceptors (Lipinski definition) is 2. The van der Waals surface area contributed by atoms with Crippen LogP contribution in [0.1, 0.15) is 33.6 Å². The van der Waals surface area contributed by atoms with E-state index in [-0.39, 0.29) is 0 Å². The van der Waals surface area contributed by atoms with E-state index >= 15 is 0 Å². The van der Waals surface area contributed by atoms with Crippen LogP contribution in [0.4, 0.5) is 0 Å². The largest absolute Gasteiger partial charge is 0.380 e. The molecule has 1 heterocycles. The van der Waals surface area contributed by atoms with Gasteiger partial charge in [0.2, 0.25) is 0 Å². The van der Waals surface area contributed by atoms with E-state index in [1.54, 1.807) is 0 Å². The molecule has 0 spiro atoms. The molecule has 0 aromatic carbocycles. The molecule has 15 heavy (non-hydrogen) atoms. The summed E-state index contributed by atoms with van der Waals surface area (Å²) in [5.41, 5.74) is 3.46. The Kier molecular flexibility index (Phi) is 4.88. The van der Waals surface area contributed by atoms with Crippen LogP contribution in [0.2, 0.25) is 0 Å². The predicted octanol–water partition coefficient (Wildman–Crippen LogP) is 3.19. The van der Waals surface area contributed by atoms with Crippen molar-refractivity contribution in [2.45, 2.75) is 33.6 Å². The monoisotopic (exact) mass is 204 g/mol. The highest BCUT2D eigenvalue weighted by Crippen LogP contribution is 2.17. The lowest BCUT2D eigenvalue weighted by atomic mass is 10.1. The van der Waals surface area contributed by atoms with Gasteiger partial charge in [-0.25, -0.2) is 0 Å². The third-order valence-corrected chi connectivity index (χ3v) is 2.36. The first-order chi connectivity index (χ1) is 7.29. The molecular formula is C13H20N2. The van der Waals surface area contributed by atoms with E-state index in [2.05, 4.69) is 49.3 Å². The molecule has 82 valence electrons. The van der Waals surface area contributed by atoms with E-state index in [9.17, 15) is 0 Å². The maximum atomic E-state index is 4.45. The van der Waals surface area contributed by atoms with Crippen LogP contribution in [-0.4, -0.2) is 12.8 Å². The highest BCUT2D eigenvalue weighted by molar-refractivity contribution is 5.59. The smallest absolute Gasteiger partial charge is 0.0628 e. The van der Waals surface area contributed by atoms with Crippen molar-refractivity contribution in [3.63, 3.8) is 0 Å². The fourth-order valence-corrected chi connectivity index (χ4v) is 1.50. The average molecular weight is 204 g/mol. The van der Waals surface area contributed by atoms with Gasteiger partial charge in [0.05, 0.1) is 11.4 Å². The van der Waals surface area contributed by atoms with Gasteiger partial charge in [0.1, 0.15) is 0 Å². The quantitative estimate of drug-likeness (QED) is 0.701. The summed E-state index contributed by atoms with van der Waals surface area (Å²) in [7, 11) is 0. The SMILES string of the molecule is C/C=C1/C=CCN/C1=C(C)\N=C/CCC. The van der Waals surface area contributed by atoms with Crippen molar-refractivity contribution >= 4 is 6.21 Å². The van der Waals surface area contributed by atoms with Crippen molar-refractivity contribution in [3.05, 3.63) is 35.2 Å². The number of nitrogens with one attached hydrogen (secondary N) is 1. The molecular weight excluding hydrogens is 184 g/mol. The minimum absolute atomic E-state index is 0.896. The molecule has 0 fully saturated rings. The number of nitrogens with zero attached hydrogens (tertiary/aromatic N) is 1. The molecule has 0 saturated carbocycles. The first kappa shape index (κ1) is 11.8. The second-order valence-electron chi connectivity index (χ2n) is 3.59. The summed E-state index contributed by atoms with van der Waals surface area (Å²) in [5, 5.41) is 3.36. The Morgan fingerprint density at radius 2 is 2.40 bits per heavy atom. The van der Waals surface area contributed by atoms with Gasteiger partial charge in [-0.15, -0.1) is 0 Å². The van der Waals surface area contributed by atoms with Gasteiger partial charge in [0, 0.05) is 12.8 Å². The summed E-state index contributed by atoms with van der Waals surface area (Å²) in [5.74, 6) is 0. The van der Waals surface area contributed by atoms with Crippen molar-refractivity contribution < 1.29 is 0 Å². The maximum absolute atomic E-state index is 4.45. The molecule has 1 aliphatic heterocycles. The number of unbranched alkanes of at least 4 members (excludes halogenated alkanes) is 1. The molecule has 0 radical (unpaired) electrons. The first-order valence-corrected chi connectivity index (χ1v) is 5.60. The van der Waals surface area contributed by atoms with Gasteiger partial charge in [0.15, 0.2) is 0 Å². The second-order valence-corrected chi connectivity index (χ2v) is 3.59. The fraction of sp³-hybridized carbons (Fsp3) is 0.462. The lowest BCUT2D eigenvalue weighted by Crippen LogP contribution is -2.19. The normalized spacial score (nSPS) is 22.2. The molecule has 1 aliphatic rings. The molecule has 0 atom stereocenters. The third-order valence-electron chi connectivity index (χ3n) is 2.36. The van der Waals surface area contributed by atoms with Crippen LogP contribution in [0.5, 0.6) is 0 Å². The lowest BCUT2D eigenvalue weighted by Gasteiger charge is -2.16. The minimum atomic E-state index is 0.896. The topological polar surface area (TPSA) is 24.4 Å². The van der Waals surface area contributed by atoms with Gasteiger partial charge in [-0.05, 0) is 25.8 Å². The summed E-state index contributed by atoms with van der Waals surface area (Å²) in [6, 6.07) is 0. The molecule has 0 amide bonds. The van der Waals surface area contributed by atoms with Crippen molar-refractivity contribution in [1.29, 1.82) is 0 Å². The van der Waals surface area contributed by atoms with Crippen LogP contribution >= 0.6 is 0 Å². The Hall–Kier alpha value is -1.31. The molecule has 1 N–H and O–H groups in total. The van der Waals surface area contributed by atoms with Crippen molar-refractivity contribution in [3.8, 4) is 0 Å². The molecule has 0 bridgehead atoms. The Bertz CT molecular complexity index is 319. The average Bonchev–Trinajstić information content (AvgIpc) is 2.29. The molecule has 2 heteroatoms. The van der Waals surface area contributed by atoms with Crippen molar-refractivity contribution in [1.82, 2.24) is 5.32 Å². The summed E-state index contributed by atoms with van der Waals surface area (Å²) in [4.78, 5) is 4.45. The maximum Gasteiger partial charge on any atom is 0.0628 e. The summed E-state index contributed by atoms with van der Waals surface area (Å²) in [6.45, 7) is 7.16. The number of rotatable bonds is 3. The molecule has 0 unspecified atom stereocenters. The van der Waals surface area contributed by atoms with Gasteiger partial charge in [-0.2, -0.15) is 0 Å². The molecule has 2 nitrogen and oxygen atoms in total. The van der Waals surface area contributed by atoms with E-state index in [4.69, 9.17) is 0 Å². The summed E-state index contributed by atoms with van der Waals surface area (Å²) in [6.07, 6.45) is 10.6. The highest BCUT2D eigenvalue weighted by Gasteiger charge is 2.07. The van der Waals surface area contributed by atoms with Crippen LogP contribution in [-0.2, 0) is 0 Å². The molecule has 0 aromatic heterocycles. The predicted molar refractivity (Wildman–Crippen MR) is 67.0 cm³/mol. The van der Waals surface area contributed by atoms with E-state index in [0.717, 1.165) is 30.8 Å². The Labute approximate surface area is 92.5 Å². The Morgan fingerprint density at radius 1 is 1.60 bits per heavy atom. The second kappa shape index (κ2) is 6.23. The molecule has 0 saturated heterocycles. The molecule has 0 aromatic rings.